The Morgan fingerprint density at radius 2 is 2.11 bits per heavy atom. The number of amides is 1. The summed E-state index contributed by atoms with van der Waals surface area (Å²) in [6.07, 6.45) is 0.955. The van der Waals surface area contributed by atoms with Gasteiger partial charge in [-0.1, -0.05) is 47.4 Å². The summed E-state index contributed by atoms with van der Waals surface area (Å²) in [5.74, 6) is 0.494. The van der Waals surface area contributed by atoms with E-state index in [1.807, 2.05) is 13.0 Å². The highest BCUT2D eigenvalue weighted by atomic mass is 79.9. The minimum absolute atomic E-state index is 0.0555. The van der Waals surface area contributed by atoms with Crippen LogP contribution in [0, 0.1) is 12.8 Å². The van der Waals surface area contributed by atoms with E-state index in [1.54, 1.807) is 12.1 Å². The van der Waals surface area contributed by atoms with Crippen molar-refractivity contribution in [3.05, 3.63) is 34.3 Å². The second-order valence-electron chi connectivity index (χ2n) is 4.91. The lowest BCUT2D eigenvalue weighted by Crippen LogP contribution is -2.37. The molecule has 1 unspecified atom stereocenters. The highest BCUT2D eigenvalue weighted by Gasteiger charge is 2.15. The Kier molecular flexibility index (Phi) is 6.16. The molecule has 4 heteroatoms. The molecule has 18 heavy (non-hydrogen) atoms. The molecule has 1 aromatic rings. The first-order valence-electron chi connectivity index (χ1n) is 6.07. The maximum absolute atomic E-state index is 12.2. The second kappa shape index (κ2) is 7.15. The average Bonchev–Trinajstić information content (AvgIpc) is 2.30. The summed E-state index contributed by atoms with van der Waals surface area (Å²) in [6.45, 7) is 6.20. The molecule has 1 aromatic carbocycles. The third kappa shape index (κ3) is 4.62. The summed E-state index contributed by atoms with van der Waals surface area (Å²) in [5.41, 5.74) is 1.59. The van der Waals surface area contributed by atoms with Crippen molar-refractivity contribution in [3.63, 3.8) is 0 Å². The van der Waals surface area contributed by atoms with Crippen LogP contribution >= 0.6 is 27.5 Å². The van der Waals surface area contributed by atoms with E-state index >= 15 is 0 Å². The van der Waals surface area contributed by atoms with Gasteiger partial charge < -0.3 is 5.32 Å². The number of hydrogen-bond donors (Lipinski definition) is 1. The minimum atomic E-state index is -0.0555. The lowest BCUT2D eigenvalue weighted by Gasteiger charge is -2.19. The molecule has 0 spiro atoms. The van der Waals surface area contributed by atoms with Gasteiger partial charge >= 0.3 is 0 Å². The molecule has 0 aliphatic heterocycles. The summed E-state index contributed by atoms with van der Waals surface area (Å²) < 4.78 is 0. The maximum Gasteiger partial charge on any atom is 0.251 e. The van der Waals surface area contributed by atoms with Crippen molar-refractivity contribution >= 4 is 33.4 Å². The number of nitrogens with one attached hydrogen (secondary N) is 1. The summed E-state index contributed by atoms with van der Waals surface area (Å²) in [6, 6.07) is 5.52. The Labute approximate surface area is 122 Å². The van der Waals surface area contributed by atoms with Gasteiger partial charge in [-0.15, -0.1) is 0 Å². The summed E-state index contributed by atoms with van der Waals surface area (Å²) >= 11 is 9.36. The van der Waals surface area contributed by atoms with Crippen LogP contribution in [-0.4, -0.2) is 17.3 Å². The molecule has 0 bridgehead atoms. The largest absolute Gasteiger partial charge is 0.348 e. The number of aryl methyl sites for hydroxylation is 1. The lowest BCUT2D eigenvalue weighted by atomic mass is 10.0. The third-order valence-electron chi connectivity index (χ3n) is 2.72. The van der Waals surface area contributed by atoms with E-state index < -0.39 is 0 Å². The van der Waals surface area contributed by atoms with Crippen LogP contribution < -0.4 is 5.32 Å². The zero-order chi connectivity index (χ0) is 13.7. The molecule has 100 valence electrons. The SMILES string of the molecule is Cc1ccc(Cl)cc1C(=O)NC(CBr)CC(C)C. The van der Waals surface area contributed by atoms with Gasteiger partial charge in [0.05, 0.1) is 0 Å². The van der Waals surface area contributed by atoms with Gasteiger partial charge in [0.25, 0.3) is 5.91 Å². The van der Waals surface area contributed by atoms with E-state index in [0.29, 0.717) is 16.5 Å². The zero-order valence-corrected chi connectivity index (χ0v) is 13.3. The predicted molar refractivity (Wildman–Crippen MR) is 80.7 cm³/mol. The van der Waals surface area contributed by atoms with Crippen LogP contribution in [0.15, 0.2) is 18.2 Å². The first-order chi connectivity index (χ1) is 8.43. The van der Waals surface area contributed by atoms with Crippen molar-refractivity contribution in [3.8, 4) is 0 Å². The van der Waals surface area contributed by atoms with Gasteiger partial charge in [0, 0.05) is 22.0 Å². The van der Waals surface area contributed by atoms with Crippen LogP contribution in [0.25, 0.3) is 0 Å². The van der Waals surface area contributed by atoms with E-state index in [2.05, 4.69) is 35.1 Å². The fourth-order valence-corrected chi connectivity index (χ4v) is 2.43. The van der Waals surface area contributed by atoms with Crippen LogP contribution in [0.1, 0.15) is 36.2 Å². The van der Waals surface area contributed by atoms with Crippen molar-refractivity contribution in [1.29, 1.82) is 0 Å². The Morgan fingerprint density at radius 3 is 2.67 bits per heavy atom. The van der Waals surface area contributed by atoms with Crippen molar-refractivity contribution in [2.45, 2.75) is 33.2 Å². The topological polar surface area (TPSA) is 29.1 Å². The molecule has 0 saturated carbocycles. The van der Waals surface area contributed by atoms with E-state index in [0.717, 1.165) is 17.3 Å². The molecule has 0 aliphatic rings. The van der Waals surface area contributed by atoms with Gasteiger partial charge in [-0.2, -0.15) is 0 Å². The average molecular weight is 333 g/mol. The van der Waals surface area contributed by atoms with E-state index in [9.17, 15) is 4.79 Å². The standard InChI is InChI=1S/C14H19BrClNO/c1-9(2)6-12(8-15)17-14(18)13-7-11(16)5-4-10(13)3/h4-5,7,9,12H,6,8H2,1-3H3,(H,17,18). The van der Waals surface area contributed by atoms with Crippen LogP contribution in [-0.2, 0) is 0 Å². The molecule has 1 amide bonds. The van der Waals surface area contributed by atoms with Crippen LogP contribution in [0.4, 0.5) is 0 Å². The minimum Gasteiger partial charge on any atom is -0.348 e. The number of rotatable bonds is 5. The van der Waals surface area contributed by atoms with Crippen LogP contribution in [0.2, 0.25) is 5.02 Å². The number of carbonyl (C=O) groups excluding carboxylic acids is 1. The first-order valence-corrected chi connectivity index (χ1v) is 7.57. The van der Waals surface area contributed by atoms with Crippen molar-refractivity contribution in [2.24, 2.45) is 5.92 Å². The highest BCUT2D eigenvalue weighted by Crippen LogP contribution is 2.16. The van der Waals surface area contributed by atoms with E-state index in [1.165, 1.54) is 0 Å². The molecule has 2 nitrogen and oxygen atoms in total. The van der Waals surface area contributed by atoms with E-state index in [-0.39, 0.29) is 11.9 Å². The first kappa shape index (κ1) is 15.5. The monoisotopic (exact) mass is 331 g/mol. The zero-order valence-electron chi connectivity index (χ0n) is 11.0. The van der Waals surface area contributed by atoms with Crippen molar-refractivity contribution in [2.75, 3.05) is 5.33 Å². The summed E-state index contributed by atoms with van der Waals surface area (Å²) in [5, 5.41) is 4.39. The lowest BCUT2D eigenvalue weighted by molar-refractivity contribution is 0.0936. The second-order valence-corrected chi connectivity index (χ2v) is 6.00. The van der Waals surface area contributed by atoms with Gasteiger partial charge in [-0.3, -0.25) is 4.79 Å². The van der Waals surface area contributed by atoms with Gasteiger partial charge in [-0.25, -0.2) is 0 Å². The van der Waals surface area contributed by atoms with Gasteiger partial charge in [0.15, 0.2) is 0 Å². The van der Waals surface area contributed by atoms with Crippen LogP contribution in [0.5, 0.6) is 0 Å². The molecule has 0 aromatic heterocycles. The fourth-order valence-electron chi connectivity index (χ4n) is 1.83. The normalized spacial score (nSPS) is 12.6. The molecule has 1 rings (SSSR count). The molecular formula is C14H19BrClNO. The molecule has 0 saturated heterocycles. The molecular weight excluding hydrogens is 314 g/mol. The number of hydrogen-bond acceptors (Lipinski definition) is 1. The number of alkyl halides is 1. The number of carbonyl (C=O) groups is 1. The smallest absolute Gasteiger partial charge is 0.251 e. The van der Waals surface area contributed by atoms with Crippen molar-refractivity contribution in [1.82, 2.24) is 5.32 Å². The Balaban J connectivity index is 2.77. The molecule has 0 heterocycles. The van der Waals surface area contributed by atoms with Crippen LogP contribution in [0.3, 0.4) is 0 Å². The van der Waals surface area contributed by atoms with Gasteiger partial charge in [0.1, 0.15) is 0 Å². The number of benzene rings is 1. The Morgan fingerprint density at radius 1 is 1.44 bits per heavy atom. The highest BCUT2D eigenvalue weighted by molar-refractivity contribution is 9.09. The number of halogens is 2. The van der Waals surface area contributed by atoms with Gasteiger partial charge in [-0.05, 0) is 37.0 Å². The molecule has 1 N–H and O–H groups in total. The summed E-state index contributed by atoms with van der Waals surface area (Å²) in [7, 11) is 0. The Bertz CT molecular complexity index is 420. The molecule has 0 aliphatic carbocycles. The quantitative estimate of drug-likeness (QED) is 0.805. The summed E-state index contributed by atoms with van der Waals surface area (Å²) in [4.78, 5) is 12.2. The fraction of sp³-hybridized carbons (Fsp3) is 0.500. The molecule has 0 fully saturated rings. The van der Waals surface area contributed by atoms with Crippen molar-refractivity contribution < 1.29 is 4.79 Å². The van der Waals surface area contributed by atoms with Gasteiger partial charge in [0.2, 0.25) is 0 Å². The van der Waals surface area contributed by atoms with E-state index in [4.69, 9.17) is 11.6 Å². The Hall–Kier alpha value is -0.540. The predicted octanol–water partition coefficient (Wildman–Crippen LogP) is 4.19. The molecule has 1 atom stereocenters. The third-order valence-corrected chi connectivity index (χ3v) is 3.74. The maximum atomic E-state index is 12.2. The molecule has 0 radical (unpaired) electrons.